The number of halogens is 1. The molecular formula is C6H9BrO2. The van der Waals surface area contributed by atoms with Crippen molar-refractivity contribution in [3.63, 3.8) is 0 Å². The van der Waals surface area contributed by atoms with Crippen molar-refractivity contribution in [3.8, 4) is 0 Å². The quantitative estimate of drug-likeness (QED) is 0.536. The zero-order chi connectivity index (χ0) is 7.44. The van der Waals surface area contributed by atoms with Crippen molar-refractivity contribution in [1.29, 1.82) is 0 Å². The van der Waals surface area contributed by atoms with Gasteiger partial charge in [0, 0.05) is 10.4 Å². The zero-order valence-electron chi connectivity index (χ0n) is 5.39. The number of carboxylic acid groups (broad SMARTS) is 1. The molecule has 0 saturated carbocycles. The van der Waals surface area contributed by atoms with E-state index in [1.165, 1.54) is 0 Å². The van der Waals surface area contributed by atoms with E-state index in [-0.39, 0.29) is 4.83 Å². The van der Waals surface area contributed by atoms with Gasteiger partial charge in [0.25, 0.3) is 0 Å². The Bertz CT molecular complexity index is 138. The summed E-state index contributed by atoms with van der Waals surface area (Å²) in [5.41, 5.74) is 0.374. The molecule has 9 heavy (non-hydrogen) atoms. The highest BCUT2D eigenvalue weighted by atomic mass is 79.9. The molecule has 2 nitrogen and oxygen atoms in total. The van der Waals surface area contributed by atoms with Crippen LogP contribution >= 0.6 is 15.9 Å². The first-order valence-electron chi connectivity index (χ1n) is 2.60. The fourth-order valence-electron chi connectivity index (χ4n) is 0.416. The molecular weight excluding hydrogens is 184 g/mol. The van der Waals surface area contributed by atoms with Gasteiger partial charge in [-0.2, -0.15) is 0 Å². The largest absolute Gasteiger partial charge is 0.478 e. The number of carboxylic acids is 1. The van der Waals surface area contributed by atoms with E-state index in [2.05, 4.69) is 15.9 Å². The van der Waals surface area contributed by atoms with Gasteiger partial charge in [-0.1, -0.05) is 22.0 Å². The van der Waals surface area contributed by atoms with Crippen LogP contribution in [0.4, 0.5) is 0 Å². The normalized spacial score (nSPS) is 15.2. The highest BCUT2D eigenvalue weighted by molar-refractivity contribution is 9.09. The van der Waals surface area contributed by atoms with Gasteiger partial charge in [0.05, 0.1) is 0 Å². The van der Waals surface area contributed by atoms with E-state index in [1.54, 1.807) is 13.0 Å². The highest BCUT2D eigenvalue weighted by Crippen LogP contribution is 2.03. The van der Waals surface area contributed by atoms with Crippen LogP contribution in [0.5, 0.6) is 0 Å². The maximum atomic E-state index is 10.1. The Morgan fingerprint density at radius 1 is 1.78 bits per heavy atom. The van der Waals surface area contributed by atoms with E-state index < -0.39 is 5.97 Å². The molecule has 0 aliphatic carbocycles. The molecule has 0 aliphatic heterocycles. The van der Waals surface area contributed by atoms with Gasteiger partial charge in [-0.05, 0) is 13.8 Å². The lowest BCUT2D eigenvalue weighted by Gasteiger charge is -1.93. The fraction of sp³-hybridized carbons (Fsp3) is 0.500. The van der Waals surface area contributed by atoms with Gasteiger partial charge in [-0.25, -0.2) is 4.79 Å². The predicted molar refractivity (Wildman–Crippen MR) is 39.8 cm³/mol. The summed E-state index contributed by atoms with van der Waals surface area (Å²) in [6.45, 7) is 3.44. The van der Waals surface area contributed by atoms with Gasteiger partial charge in [0.15, 0.2) is 0 Å². The Kier molecular flexibility index (Phi) is 3.54. The highest BCUT2D eigenvalue weighted by Gasteiger charge is 1.99. The summed E-state index contributed by atoms with van der Waals surface area (Å²) < 4.78 is 0. The van der Waals surface area contributed by atoms with Crippen LogP contribution < -0.4 is 0 Å². The monoisotopic (exact) mass is 192 g/mol. The average molecular weight is 193 g/mol. The molecule has 0 bridgehead atoms. The van der Waals surface area contributed by atoms with Crippen LogP contribution in [-0.2, 0) is 4.79 Å². The number of aliphatic carboxylic acids is 1. The summed E-state index contributed by atoms with van der Waals surface area (Å²) in [5, 5.41) is 8.34. The minimum Gasteiger partial charge on any atom is -0.478 e. The first kappa shape index (κ1) is 8.69. The molecule has 0 radical (unpaired) electrons. The van der Waals surface area contributed by atoms with E-state index >= 15 is 0 Å². The summed E-state index contributed by atoms with van der Waals surface area (Å²) in [6, 6.07) is 0. The lowest BCUT2D eigenvalue weighted by Crippen LogP contribution is -1.98. The molecule has 0 saturated heterocycles. The summed E-state index contributed by atoms with van der Waals surface area (Å²) in [6.07, 6.45) is 1.64. The van der Waals surface area contributed by atoms with Gasteiger partial charge < -0.3 is 5.11 Å². The SMILES string of the molecule is CC(=CC(C)Br)C(=O)O. The molecule has 3 heteroatoms. The fourth-order valence-corrected chi connectivity index (χ4v) is 0.812. The molecule has 1 unspecified atom stereocenters. The molecule has 0 aromatic carbocycles. The van der Waals surface area contributed by atoms with Crippen LogP contribution in [0.2, 0.25) is 0 Å². The second-order valence-electron chi connectivity index (χ2n) is 1.83. The molecule has 0 aromatic rings. The van der Waals surface area contributed by atoms with Crippen LogP contribution in [-0.4, -0.2) is 15.9 Å². The third-order valence-corrected chi connectivity index (χ3v) is 1.08. The van der Waals surface area contributed by atoms with Crippen LogP contribution in [0, 0.1) is 0 Å². The Morgan fingerprint density at radius 3 is 2.33 bits per heavy atom. The molecule has 0 rings (SSSR count). The van der Waals surface area contributed by atoms with Crippen molar-refractivity contribution in [3.05, 3.63) is 11.6 Å². The van der Waals surface area contributed by atoms with Crippen molar-refractivity contribution < 1.29 is 9.90 Å². The van der Waals surface area contributed by atoms with Gasteiger partial charge in [-0.3, -0.25) is 0 Å². The van der Waals surface area contributed by atoms with Crippen molar-refractivity contribution in [2.24, 2.45) is 0 Å². The molecule has 0 aliphatic rings. The van der Waals surface area contributed by atoms with Crippen LogP contribution in [0.1, 0.15) is 13.8 Å². The second kappa shape index (κ2) is 3.67. The maximum Gasteiger partial charge on any atom is 0.330 e. The zero-order valence-corrected chi connectivity index (χ0v) is 6.97. The third kappa shape index (κ3) is 4.21. The Balaban J connectivity index is 4.00. The van der Waals surface area contributed by atoms with Crippen LogP contribution in [0.25, 0.3) is 0 Å². The molecule has 0 spiro atoms. The minimum atomic E-state index is -0.860. The third-order valence-electron chi connectivity index (χ3n) is 0.817. The van der Waals surface area contributed by atoms with E-state index in [0.717, 1.165) is 0 Å². The lowest BCUT2D eigenvalue weighted by molar-refractivity contribution is -0.132. The average Bonchev–Trinajstić information content (AvgIpc) is 1.63. The van der Waals surface area contributed by atoms with Crippen LogP contribution in [0.3, 0.4) is 0 Å². The van der Waals surface area contributed by atoms with E-state index in [4.69, 9.17) is 5.11 Å². The first-order valence-corrected chi connectivity index (χ1v) is 3.51. The Labute approximate surface area is 62.7 Å². The standard InChI is InChI=1S/C6H9BrO2/c1-4(6(8)9)3-5(2)7/h3,5H,1-2H3,(H,8,9). The summed E-state index contributed by atoms with van der Waals surface area (Å²) >= 11 is 3.20. The number of rotatable bonds is 2. The lowest BCUT2D eigenvalue weighted by atomic mass is 10.2. The number of hydrogen-bond acceptors (Lipinski definition) is 1. The van der Waals surface area contributed by atoms with Crippen molar-refractivity contribution in [2.45, 2.75) is 18.7 Å². The van der Waals surface area contributed by atoms with Gasteiger partial charge in [-0.15, -0.1) is 0 Å². The maximum absolute atomic E-state index is 10.1. The van der Waals surface area contributed by atoms with Crippen molar-refractivity contribution >= 4 is 21.9 Å². The molecule has 1 atom stereocenters. The van der Waals surface area contributed by atoms with Crippen molar-refractivity contribution in [2.75, 3.05) is 0 Å². The molecule has 0 fully saturated rings. The predicted octanol–water partition coefficient (Wildman–Crippen LogP) is 1.80. The van der Waals surface area contributed by atoms with Gasteiger partial charge in [0.1, 0.15) is 0 Å². The first-order chi connectivity index (χ1) is 4.04. The van der Waals surface area contributed by atoms with E-state index in [1.807, 2.05) is 6.92 Å². The van der Waals surface area contributed by atoms with Crippen LogP contribution in [0.15, 0.2) is 11.6 Å². The summed E-state index contributed by atoms with van der Waals surface area (Å²) in [7, 11) is 0. The number of allylic oxidation sites excluding steroid dienone is 1. The summed E-state index contributed by atoms with van der Waals surface area (Å²) in [5.74, 6) is -0.860. The molecule has 52 valence electrons. The smallest absolute Gasteiger partial charge is 0.330 e. The van der Waals surface area contributed by atoms with E-state index in [9.17, 15) is 4.79 Å². The Hall–Kier alpha value is -0.310. The molecule has 0 heterocycles. The Morgan fingerprint density at radius 2 is 2.22 bits per heavy atom. The summed E-state index contributed by atoms with van der Waals surface area (Å²) in [4.78, 5) is 10.3. The van der Waals surface area contributed by atoms with Crippen molar-refractivity contribution in [1.82, 2.24) is 0 Å². The molecule has 0 aromatic heterocycles. The van der Waals surface area contributed by atoms with E-state index in [0.29, 0.717) is 5.57 Å². The number of hydrogen-bond donors (Lipinski definition) is 1. The number of alkyl halides is 1. The number of carbonyl (C=O) groups is 1. The van der Waals surface area contributed by atoms with Gasteiger partial charge >= 0.3 is 5.97 Å². The molecule has 1 N–H and O–H groups in total. The van der Waals surface area contributed by atoms with Gasteiger partial charge in [0.2, 0.25) is 0 Å². The second-order valence-corrected chi connectivity index (χ2v) is 3.28. The molecule has 0 amide bonds. The topological polar surface area (TPSA) is 37.3 Å². The minimum absolute atomic E-state index is 0.133.